The predicted molar refractivity (Wildman–Crippen MR) is 92.9 cm³/mol. The number of benzene rings is 1. The molecule has 27 heavy (non-hydrogen) atoms. The molecule has 2 aliphatic rings. The van der Waals surface area contributed by atoms with Gasteiger partial charge in [-0.1, -0.05) is 0 Å². The molecule has 0 atom stereocenters. The molecular weight excluding hydrogens is 358 g/mol. The first kappa shape index (κ1) is 19.4. The summed E-state index contributed by atoms with van der Waals surface area (Å²) in [5, 5.41) is 8.92. The number of nitrogens with zero attached hydrogens (tertiary/aromatic N) is 2. The molecule has 1 aromatic rings. The number of likely N-dealkylation sites (tertiary alicyclic amines) is 1. The molecule has 0 unspecified atom stereocenters. The average Bonchev–Trinajstić information content (AvgIpc) is 3.45. The third-order valence-electron chi connectivity index (χ3n) is 5.12. The highest BCUT2D eigenvalue weighted by molar-refractivity contribution is 5.69. The largest absolute Gasteiger partial charge is 0.489 e. The second-order valence-corrected chi connectivity index (χ2v) is 7.11. The molecule has 1 N–H and O–H groups in total. The van der Waals surface area contributed by atoms with Crippen LogP contribution in [0.3, 0.4) is 0 Å². The second kappa shape index (κ2) is 8.09. The molecule has 1 aliphatic heterocycles. The summed E-state index contributed by atoms with van der Waals surface area (Å²) in [6.45, 7) is 6.13. The van der Waals surface area contributed by atoms with Crippen molar-refractivity contribution >= 4 is 5.97 Å². The average molecular weight is 380 g/mol. The van der Waals surface area contributed by atoms with Crippen molar-refractivity contribution in [3.8, 4) is 11.5 Å². The fourth-order valence-corrected chi connectivity index (χ4v) is 3.33. The van der Waals surface area contributed by atoms with E-state index in [4.69, 9.17) is 16.4 Å². The van der Waals surface area contributed by atoms with Gasteiger partial charge in [-0.3, -0.25) is 9.69 Å². The highest BCUT2D eigenvalue weighted by atomic mass is 19.3. The Morgan fingerprint density at radius 3 is 2.59 bits per heavy atom. The number of ether oxygens (including phenoxy) is 2. The smallest absolute Gasteiger partial charge is 0.387 e. The first-order valence-electron chi connectivity index (χ1n) is 8.97. The Hall–Kier alpha value is -2.40. The standard InChI is InChI=1S/C19H22F2N2O4/c1-22-19(6-8-23(9-7-19)11-17(24)25)14-4-5-15(27-18(20)21)16(10-14)26-12-13-2-3-13/h4-5,10,13,18H,2-3,6-9,11-12H2,(H,24,25). The van der Waals surface area contributed by atoms with Gasteiger partial charge in [-0.25, -0.2) is 6.57 Å². The van der Waals surface area contributed by atoms with Gasteiger partial charge in [0.1, 0.15) is 0 Å². The zero-order chi connectivity index (χ0) is 19.4. The fourth-order valence-electron chi connectivity index (χ4n) is 3.33. The number of aliphatic carboxylic acids is 1. The van der Waals surface area contributed by atoms with Crippen molar-refractivity contribution in [1.29, 1.82) is 0 Å². The Bertz CT molecular complexity index is 723. The van der Waals surface area contributed by atoms with E-state index < -0.39 is 18.1 Å². The SMILES string of the molecule is [C-]#[N+]C1(c2ccc(OC(F)F)c(OCC3CC3)c2)CCN(CC(=O)O)CC1. The summed E-state index contributed by atoms with van der Waals surface area (Å²) in [7, 11) is 0. The number of alkyl halides is 2. The van der Waals surface area contributed by atoms with Gasteiger partial charge in [0, 0.05) is 31.5 Å². The summed E-state index contributed by atoms with van der Waals surface area (Å²) in [6, 6.07) is 4.69. The maximum atomic E-state index is 12.7. The molecule has 146 valence electrons. The first-order valence-corrected chi connectivity index (χ1v) is 8.97. The van der Waals surface area contributed by atoms with E-state index in [0.29, 0.717) is 44.0 Å². The molecule has 3 rings (SSSR count). The van der Waals surface area contributed by atoms with Gasteiger partial charge in [0.15, 0.2) is 11.5 Å². The molecule has 1 saturated carbocycles. The lowest BCUT2D eigenvalue weighted by Gasteiger charge is -2.33. The lowest BCUT2D eigenvalue weighted by atomic mass is 9.81. The molecule has 8 heteroatoms. The zero-order valence-electron chi connectivity index (χ0n) is 14.9. The van der Waals surface area contributed by atoms with E-state index in [2.05, 4.69) is 9.58 Å². The predicted octanol–water partition coefficient (Wildman–Crippen LogP) is 3.37. The molecule has 0 aromatic heterocycles. The van der Waals surface area contributed by atoms with E-state index >= 15 is 0 Å². The summed E-state index contributed by atoms with van der Waals surface area (Å²) in [5.74, 6) is -0.245. The minimum absolute atomic E-state index is 0.0298. The van der Waals surface area contributed by atoms with Crippen LogP contribution >= 0.6 is 0 Å². The maximum Gasteiger partial charge on any atom is 0.387 e. The molecule has 0 bridgehead atoms. The van der Waals surface area contributed by atoms with E-state index in [9.17, 15) is 13.6 Å². The number of carboxylic acid groups (broad SMARTS) is 1. The minimum Gasteiger partial charge on any atom is -0.489 e. The minimum atomic E-state index is -2.95. The number of hydrogen-bond donors (Lipinski definition) is 1. The van der Waals surface area contributed by atoms with Crippen molar-refractivity contribution in [3.63, 3.8) is 0 Å². The molecule has 2 fully saturated rings. The number of hydrogen-bond acceptors (Lipinski definition) is 4. The molecule has 1 saturated heterocycles. The Kier molecular flexibility index (Phi) is 5.80. The number of halogens is 2. The molecule has 0 radical (unpaired) electrons. The van der Waals surface area contributed by atoms with Crippen LogP contribution < -0.4 is 9.47 Å². The van der Waals surface area contributed by atoms with Gasteiger partial charge < -0.3 is 19.4 Å². The van der Waals surface area contributed by atoms with E-state index in [1.165, 1.54) is 6.07 Å². The van der Waals surface area contributed by atoms with Gasteiger partial charge in [-0.05, 0) is 37.0 Å². The normalized spacial score (nSPS) is 19.5. The molecule has 1 aromatic carbocycles. The Morgan fingerprint density at radius 1 is 1.33 bits per heavy atom. The third-order valence-corrected chi connectivity index (χ3v) is 5.12. The molecule has 1 aliphatic carbocycles. The van der Waals surface area contributed by atoms with Crippen molar-refractivity contribution in [2.45, 2.75) is 37.8 Å². The highest BCUT2D eigenvalue weighted by Gasteiger charge is 2.43. The van der Waals surface area contributed by atoms with Crippen molar-refractivity contribution in [2.24, 2.45) is 5.92 Å². The number of rotatable bonds is 8. The third kappa shape index (κ3) is 4.86. The van der Waals surface area contributed by atoms with Crippen molar-refractivity contribution in [2.75, 3.05) is 26.2 Å². The summed E-state index contributed by atoms with van der Waals surface area (Å²) >= 11 is 0. The Balaban J connectivity index is 1.80. The molecule has 1 heterocycles. The summed E-state index contributed by atoms with van der Waals surface area (Å²) in [4.78, 5) is 16.5. The summed E-state index contributed by atoms with van der Waals surface area (Å²) in [5.41, 5.74) is -0.115. The molecule has 0 spiro atoms. The van der Waals surface area contributed by atoms with Crippen LogP contribution in [-0.4, -0.2) is 48.8 Å². The van der Waals surface area contributed by atoms with Crippen LogP contribution in [0.15, 0.2) is 18.2 Å². The van der Waals surface area contributed by atoms with E-state index in [1.54, 1.807) is 17.0 Å². The van der Waals surface area contributed by atoms with Gasteiger partial charge in [0.2, 0.25) is 0 Å². The van der Waals surface area contributed by atoms with Gasteiger partial charge in [0.25, 0.3) is 5.54 Å². The fraction of sp³-hybridized carbons (Fsp3) is 0.579. The van der Waals surface area contributed by atoms with Crippen LogP contribution in [0, 0.1) is 12.5 Å². The van der Waals surface area contributed by atoms with Crippen molar-refractivity contribution < 1.29 is 28.2 Å². The monoisotopic (exact) mass is 380 g/mol. The second-order valence-electron chi connectivity index (χ2n) is 7.11. The number of piperidine rings is 1. The zero-order valence-corrected chi connectivity index (χ0v) is 14.9. The molecular formula is C19H22F2N2O4. The van der Waals surface area contributed by atoms with Crippen molar-refractivity contribution in [3.05, 3.63) is 35.2 Å². The van der Waals surface area contributed by atoms with Crippen LogP contribution in [0.2, 0.25) is 0 Å². The number of carboxylic acids is 1. The summed E-state index contributed by atoms with van der Waals surface area (Å²) < 4.78 is 35.6. The highest BCUT2D eigenvalue weighted by Crippen LogP contribution is 2.41. The van der Waals surface area contributed by atoms with Gasteiger partial charge in [-0.2, -0.15) is 8.78 Å². The van der Waals surface area contributed by atoms with E-state index in [-0.39, 0.29) is 18.0 Å². The van der Waals surface area contributed by atoms with E-state index in [1.807, 2.05) is 0 Å². The Morgan fingerprint density at radius 2 is 2.04 bits per heavy atom. The molecule has 0 amide bonds. The maximum absolute atomic E-state index is 12.7. The lowest BCUT2D eigenvalue weighted by molar-refractivity contribution is -0.138. The van der Waals surface area contributed by atoms with Crippen LogP contribution in [-0.2, 0) is 10.3 Å². The van der Waals surface area contributed by atoms with Crippen LogP contribution in [0.4, 0.5) is 8.78 Å². The van der Waals surface area contributed by atoms with Crippen molar-refractivity contribution in [1.82, 2.24) is 4.90 Å². The van der Waals surface area contributed by atoms with Gasteiger partial charge in [0.05, 0.1) is 13.2 Å². The summed E-state index contributed by atoms with van der Waals surface area (Å²) in [6.07, 6.45) is 3.08. The first-order chi connectivity index (χ1) is 12.9. The van der Waals surface area contributed by atoms with E-state index in [0.717, 1.165) is 12.8 Å². The quantitative estimate of drug-likeness (QED) is 0.701. The number of carbonyl (C=O) groups is 1. The van der Waals surface area contributed by atoms with Crippen LogP contribution in [0.5, 0.6) is 11.5 Å². The molecule has 6 nitrogen and oxygen atoms in total. The van der Waals surface area contributed by atoms with Gasteiger partial charge >= 0.3 is 12.6 Å². The van der Waals surface area contributed by atoms with Crippen LogP contribution in [0.1, 0.15) is 31.2 Å². The lowest BCUT2D eigenvalue weighted by Crippen LogP contribution is -2.43. The Labute approximate surface area is 156 Å². The topological polar surface area (TPSA) is 63.4 Å². The van der Waals surface area contributed by atoms with Gasteiger partial charge in [-0.15, -0.1) is 0 Å². The van der Waals surface area contributed by atoms with Crippen LogP contribution in [0.25, 0.3) is 4.85 Å².